The molecular weight excluding hydrogens is 256 g/mol. The number of benzene rings is 1. The highest BCUT2D eigenvalue weighted by atomic mass is 19.2. The highest BCUT2D eigenvalue weighted by molar-refractivity contribution is 5.78. The van der Waals surface area contributed by atoms with E-state index in [1.807, 2.05) is 0 Å². The van der Waals surface area contributed by atoms with Gasteiger partial charge in [0.2, 0.25) is 5.91 Å². The van der Waals surface area contributed by atoms with Crippen molar-refractivity contribution in [2.24, 2.45) is 0 Å². The van der Waals surface area contributed by atoms with E-state index in [1.54, 1.807) is 6.92 Å². The summed E-state index contributed by atoms with van der Waals surface area (Å²) >= 11 is 0. The van der Waals surface area contributed by atoms with Gasteiger partial charge in [0.15, 0.2) is 17.9 Å². The molecule has 0 aliphatic rings. The predicted octanol–water partition coefficient (Wildman–Crippen LogP) is 1.63. The first-order valence-corrected chi connectivity index (χ1v) is 5.77. The van der Waals surface area contributed by atoms with Crippen molar-refractivity contribution in [2.75, 3.05) is 14.2 Å². The van der Waals surface area contributed by atoms with E-state index >= 15 is 0 Å². The molecule has 1 N–H and O–H groups in total. The molecule has 0 aliphatic heterocycles. The van der Waals surface area contributed by atoms with E-state index < -0.39 is 29.9 Å². The summed E-state index contributed by atoms with van der Waals surface area (Å²) in [5, 5.41) is 2.60. The number of halogens is 2. The summed E-state index contributed by atoms with van der Waals surface area (Å²) in [6.45, 7) is 1.69. The average Bonchev–Trinajstić information content (AvgIpc) is 2.36. The molecule has 0 aromatic heterocycles. The van der Waals surface area contributed by atoms with Crippen molar-refractivity contribution >= 4 is 5.91 Å². The standard InChI is InChI=1S/C13H17F2NO3/c1-8(13(18-2)19-3)16-11(17)7-9-5-4-6-10(14)12(9)15/h4-6,8,13H,7H2,1-3H3,(H,16,17). The fourth-order valence-corrected chi connectivity index (χ4v) is 1.74. The van der Waals surface area contributed by atoms with Crippen molar-refractivity contribution in [3.05, 3.63) is 35.4 Å². The summed E-state index contributed by atoms with van der Waals surface area (Å²) in [7, 11) is 2.89. The summed E-state index contributed by atoms with van der Waals surface area (Å²) in [5.74, 6) is -2.40. The Hall–Kier alpha value is -1.53. The lowest BCUT2D eigenvalue weighted by Gasteiger charge is -2.22. The lowest BCUT2D eigenvalue weighted by molar-refractivity contribution is -0.135. The topological polar surface area (TPSA) is 47.6 Å². The molecule has 106 valence electrons. The van der Waals surface area contributed by atoms with Gasteiger partial charge in [-0.3, -0.25) is 4.79 Å². The van der Waals surface area contributed by atoms with Crippen molar-refractivity contribution in [3.8, 4) is 0 Å². The molecule has 19 heavy (non-hydrogen) atoms. The molecule has 1 aromatic carbocycles. The molecule has 0 saturated heterocycles. The maximum absolute atomic E-state index is 13.4. The summed E-state index contributed by atoms with van der Waals surface area (Å²) in [4.78, 5) is 11.7. The van der Waals surface area contributed by atoms with Gasteiger partial charge in [0, 0.05) is 19.8 Å². The van der Waals surface area contributed by atoms with Crippen molar-refractivity contribution < 1.29 is 23.0 Å². The molecule has 1 atom stereocenters. The third kappa shape index (κ3) is 4.25. The van der Waals surface area contributed by atoms with Gasteiger partial charge in [-0.15, -0.1) is 0 Å². The molecule has 1 aromatic rings. The van der Waals surface area contributed by atoms with Crippen LogP contribution in [0.4, 0.5) is 8.78 Å². The fourth-order valence-electron chi connectivity index (χ4n) is 1.74. The fraction of sp³-hybridized carbons (Fsp3) is 0.462. The highest BCUT2D eigenvalue weighted by Crippen LogP contribution is 2.12. The first-order valence-electron chi connectivity index (χ1n) is 5.77. The van der Waals surface area contributed by atoms with Gasteiger partial charge in [0.1, 0.15) is 0 Å². The molecule has 0 fully saturated rings. The van der Waals surface area contributed by atoms with Gasteiger partial charge in [-0.05, 0) is 13.0 Å². The number of rotatable bonds is 6. The zero-order chi connectivity index (χ0) is 14.4. The van der Waals surface area contributed by atoms with Crippen LogP contribution in [0.5, 0.6) is 0 Å². The van der Waals surface area contributed by atoms with Crippen LogP contribution < -0.4 is 5.32 Å². The molecule has 0 bridgehead atoms. The second-order valence-corrected chi connectivity index (χ2v) is 4.09. The monoisotopic (exact) mass is 273 g/mol. The third-order valence-corrected chi connectivity index (χ3v) is 2.64. The normalized spacial score (nSPS) is 12.5. The van der Waals surface area contributed by atoms with Gasteiger partial charge in [-0.2, -0.15) is 0 Å². The Bertz CT molecular complexity index is 436. The van der Waals surface area contributed by atoms with Crippen LogP contribution in [0.2, 0.25) is 0 Å². The van der Waals surface area contributed by atoms with Gasteiger partial charge in [0.25, 0.3) is 0 Å². The molecule has 1 rings (SSSR count). The Morgan fingerprint density at radius 2 is 1.95 bits per heavy atom. The Morgan fingerprint density at radius 3 is 2.53 bits per heavy atom. The molecule has 6 heteroatoms. The maximum atomic E-state index is 13.4. The molecule has 0 heterocycles. The van der Waals surface area contributed by atoms with E-state index in [0.29, 0.717) is 0 Å². The highest BCUT2D eigenvalue weighted by Gasteiger charge is 2.19. The second-order valence-electron chi connectivity index (χ2n) is 4.09. The molecule has 4 nitrogen and oxygen atoms in total. The minimum absolute atomic E-state index is 0.0103. The quantitative estimate of drug-likeness (QED) is 0.801. The third-order valence-electron chi connectivity index (χ3n) is 2.64. The van der Waals surface area contributed by atoms with Crippen molar-refractivity contribution in [3.63, 3.8) is 0 Å². The zero-order valence-corrected chi connectivity index (χ0v) is 11.1. The Morgan fingerprint density at radius 1 is 1.32 bits per heavy atom. The van der Waals surface area contributed by atoms with E-state index in [1.165, 1.54) is 26.4 Å². The van der Waals surface area contributed by atoms with Gasteiger partial charge < -0.3 is 14.8 Å². The first kappa shape index (κ1) is 15.5. The van der Waals surface area contributed by atoms with Crippen LogP contribution in [0, 0.1) is 11.6 Å². The van der Waals surface area contributed by atoms with E-state index in [2.05, 4.69) is 5.32 Å². The number of hydrogen-bond donors (Lipinski definition) is 1. The molecule has 0 radical (unpaired) electrons. The smallest absolute Gasteiger partial charge is 0.224 e. The van der Waals surface area contributed by atoms with Crippen molar-refractivity contribution in [1.82, 2.24) is 5.32 Å². The minimum atomic E-state index is -1.000. The first-order chi connectivity index (χ1) is 8.99. The Labute approximate surface area is 110 Å². The van der Waals surface area contributed by atoms with Gasteiger partial charge in [-0.25, -0.2) is 8.78 Å². The lowest BCUT2D eigenvalue weighted by atomic mass is 10.1. The van der Waals surface area contributed by atoms with Crippen LogP contribution in [0.3, 0.4) is 0 Å². The van der Waals surface area contributed by atoms with Gasteiger partial charge in [-0.1, -0.05) is 12.1 Å². The number of carbonyl (C=O) groups is 1. The molecule has 0 spiro atoms. The number of hydrogen-bond acceptors (Lipinski definition) is 3. The summed E-state index contributed by atoms with van der Waals surface area (Å²) in [5.41, 5.74) is 0.0103. The number of amides is 1. The van der Waals surface area contributed by atoms with Crippen LogP contribution in [-0.2, 0) is 20.7 Å². The summed E-state index contributed by atoms with van der Waals surface area (Å²) in [6, 6.07) is 3.33. The number of carbonyl (C=O) groups excluding carboxylic acids is 1. The zero-order valence-electron chi connectivity index (χ0n) is 11.1. The van der Waals surface area contributed by atoms with E-state index in [0.717, 1.165) is 6.07 Å². The van der Waals surface area contributed by atoms with Crippen LogP contribution in [0.25, 0.3) is 0 Å². The second kappa shape index (κ2) is 7.16. The maximum Gasteiger partial charge on any atom is 0.224 e. The van der Waals surface area contributed by atoms with E-state index in [4.69, 9.17) is 9.47 Å². The molecule has 1 amide bonds. The van der Waals surface area contributed by atoms with E-state index in [-0.39, 0.29) is 12.0 Å². The molecular formula is C13H17F2NO3. The SMILES string of the molecule is COC(OC)C(C)NC(=O)Cc1cccc(F)c1F. The van der Waals surface area contributed by atoms with E-state index in [9.17, 15) is 13.6 Å². The molecule has 1 unspecified atom stereocenters. The van der Waals surface area contributed by atoms with Gasteiger partial charge >= 0.3 is 0 Å². The predicted molar refractivity (Wildman–Crippen MR) is 65.5 cm³/mol. The van der Waals surface area contributed by atoms with Crippen molar-refractivity contribution in [1.29, 1.82) is 0 Å². The van der Waals surface area contributed by atoms with Crippen LogP contribution in [0.1, 0.15) is 12.5 Å². The number of ether oxygens (including phenoxy) is 2. The van der Waals surface area contributed by atoms with Crippen molar-refractivity contribution in [2.45, 2.75) is 25.7 Å². The molecule has 0 aliphatic carbocycles. The largest absolute Gasteiger partial charge is 0.354 e. The van der Waals surface area contributed by atoms with Crippen LogP contribution >= 0.6 is 0 Å². The summed E-state index contributed by atoms with van der Waals surface area (Å²) in [6.07, 6.45) is -0.838. The van der Waals surface area contributed by atoms with Gasteiger partial charge in [0.05, 0.1) is 12.5 Å². The summed E-state index contributed by atoms with van der Waals surface area (Å²) < 4.78 is 36.3. The number of methoxy groups -OCH3 is 2. The average molecular weight is 273 g/mol. The number of nitrogens with one attached hydrogen (secondary N) is 1. The lowest BCUT2D eigenvalue weighted by Crippen LogP contribution is -2.43. The Balaban J connectivity index is 2.63. The van der Waals surface area contributed by atoms with Crippen LogP contribution in [0.15, 0.2) is 18.2 Å². The minimum Gasteiger partial charge on any atom is -0.354 e. The Kier molecular flexibility index (Phi) is 5.85. The van der Waals surface area contributed by atoms with Crippen LogP contribution in [-0.4, -0.2) is 32.5 Å². The molecule has 0 saturated carbocycles.